The first-order chi connectivity index (χ1) is 6.52. The zero-order valence-electron chi connectivity index (χ0n) is 9.12. The molecule has 0 bridgehead atoms. The lowest BCUT2D eigenvalue weighted by atomic mass is 10.0. The second-order valence-corrected chi connectivity index (χ2v) is 5.47. The van der Waals surface area contributed by atoms with Crippen molar-refractivity contribution in [2.45, 2.75) is 32.9 Å². The highest BCUT2D eigenvalue weighted by Gasteiger charge is 2.27. The maximum atomic E-state index is 11.6. The molecule has 82 valence electrons. The average molecular weight is 216 g/mol. The highest BCUT2D eigenvalue weighted by molar-refractivity contribution is 7.99. The van der Waals surface area contributed by atoms with E-state index in [0.717, 1.165) is 11.5 Å². The summed E-state index contributed by atoms with van der Waals surface area (Å²) in [7, 11) is 0. The predicted molar refractivity (Wildman–Crippen MR) is 61.2 cm³/mol. The number of carbonyl (C=O) groups excluding carboxylic acids is 1. The molecule has 3 atom stereocenters. The Bertz CT molecular complexity index is 208. The second kappa shape index (κ2) is 5.03. The number of amides is 1. The van der Waals surface area contributed by atoms with Gasteiger partial charge in [-0.3, -0.25) is 4.79 Å². The van der Waals surface area contributed by atoms with Crippen molar-refractivity contribution >= 4 is 17.7 Å². The van der Waals surface area contributed by atoms with Gasteiger partial charge in [-0.05, 0) is 17.6 Å². The van der Waals surface area contributed by atoms with Crippen LogP contribution in [0.25, 0.3) is 0 Å². The third-order valence-corrected chi connectivity index (χ3v) is 4.07. The molecule has 4 heteroatoms. The Labute approximate surface area is 90.2 Å². The molecule has 1 rings (SSSR count). The third kappa shape index (κ3) is 2.89. The number of nitrogens with two attached hydrogens (primary N) is 1. The average Bonchev–Trinajstić information content (AvgIpc) is 2.50. The Morgan fingerprint density at radius 1 is 1.50 bits per heavy atom. The van der Waals surface area contributed by atoms with Crippen LogP contribution >= 0.6 is 11.8 Å². The van der Waals surface area contributed by atoms with Crippen molar-refractivity contribution in [3.63, 3.8) is 0 Å². The number of thioether (sulfide) groups is 1. The van der Waals surface area contributed by atoms with Crippen molar-refractivity contribution in [2.75, 3.05) is 11.5 Å². The molecule has 3 N–H and O–H groups in total. The summed E-state index contributed by atoms with van der Waals surface area (Å²) in [6.45, 7) is 6.11. The van der Waals surface area contributed by atoms with Gasteiger partial charge in [0.15, 0.2) is 0 Å². The van der Waals surface area contributed by atoms with Crippen LogP contribution in [-0.4, -0.2) is 29.5 Å². The van der Waals surface area contributed by atoms with Crippen molar-refractivity contribution in [1.82, 2.24) is 5.32 Å². The Morgan fingerprint density at radius 2 is 2.14 bits per heavy atom. The molecule has 0 spiro atoms. The molecule has 1 amide bonds. The van der Waals surface area contributed by atoms with Crippen LogP contribution in [0.3, 0.4) is 0 Å². The lowest BCUT2D eigenvalue weighted by molar-refractivity contribution is -0.124. The van der Waals surface area contributed by atoms with Crippen LogP contribution in [0.5, 0.6) is 0 Å². The fraction of sp³-hybridized carbons (Fsp3) is 0.900. The van der Waals surface area contributed by atoms with Crippen LogP contribution in [0.1, 0.15) is 20.8 Å². The molecule has 0 saturated carbocycles. The van der Waals surface area contributed by atoms with E-state index in [4.69, 9.17) is 5.73 Å². The number of hydrogen-bond acceptors (Lipinski definition) is 3. The van der Waals surface area contributed by atoms with E-state index in [9.17, 15) is 4.79 Å². The van der Waals surface area contributed by atoms with Crippen molar-refractivity contribution in [3.05, 3.63) is 0 Å². The minimum absolute atomic E-state index is 0.000602. The summed E-state index contributed by atoms with van der Waals surface area (Å²) in [5.74, 6) is 2.95. The van der Waals surface area contributed by atoms with E-state index in [1.807, 2.05) is 25.6 Å². The maximum Gasteiger partial charge on any atom is 0.237 e. The van der Waals surface area contributed by atoms with Crippen molar-refractivity contribution in [3.8, 4) is 0 Å². The highest BCUT2D eigenvalue weighted by Crippen LogP contribution is 2.23. The molecule has 3 nitrogen and oxygen atoms in total. The topological polar surface area (TPSA) is 55.1 Å². The van der Waals surface area contributed by atoms with Gasteiger partial charge in [-0.1, -0.05) is 20.8 Å². The first-order valence-electron chi connectivity index (χ1n) is 5.16. The van der Waals surface area contributed by atoms with Gasteiger partial charge in [0, 0.05) is 11.8 Å². The fourth-order valence-electron chi connectivity index (χ4n) is 1.43. The molecular weight excluding hydrogens is 196 g/mol. The Hall–Kier alpha value is -0.220. The van der Waals surface area contributed by atoms with Gasteiger partial charge in [0.2, 0.25) is 5.91 Å². The zero-order valence-corrected chi connectivity index (χ0v) is 9.93. The molecule has 0 radical (unpaired) electrons. The largest absolute Gasteiger partial charge is 0.351 e. The van der Waals surface area contributed by atoms with Crippen LogP contribution in [0.4, 0.5) is 0 Å². The van der Waals surface area contributed by atoms with Gasteiger partial charge in [-0.2, -0.15) is 11.8 Å². The molecule has 1 saturated heterocycles. The first-order valence-corrected chi connectivity index (χ1v) is 6.31. The monoisotopic (exact) mass is 216 g/mol. The van der Waals surface area contributed by atoms with Crippen LogP contribution < -0.4 is 11.1 Å². The summed E-state index contributed by atoms with van der Waals surface area (Å²) in [6.07, 6.45) is 0. The molecule has 1 aliphatic rings. The molecule has 0 aromatic heterocycles. The summed E-state index contributed by atoms with van der Waals surface area (Å²) in [5.41, 5.74) is 5.76. The van der Waals surface area contributed by atoms with Gasteiger partial charge in [-0.25, -0.2) is 0 Å². The molecule has 3 unspecified atom stereocenters. The quantitative estimate of drug-likeness (QED) is 0.735. The number of hydrogen-bond donors (Lipinski definition) is 2. The lowest BCUT2D eigenvalue weighted by Crippen LogP contribution is -2.49. The lowest BCUT2D eigenvalue weighted by Gasteiger charge is -2.21. The smallest absolute Gasteiger partial charge is 0.237 e. The normalized spacial score (nSPS) is 29.2. The molecule has 0 aromatic carbocycles. The fourth-order valence-corrected chi connectivity index (χ4v) is 2.83. The van der Waals surface area contributed by atoms with E-state index >= 15 is 0 Å². The van der Waals surface area contributed by atoms with Gasteiger partial charge < -0.3 is 11.1 Å². The summed E-state index contributed by atoms with van der Waals surface area (Å²) >= 11 is 1.90. The number of nitrogens with one attached hydrogen (secondary N) is 1. The minimum atomic E-state index is -0.368. The van der Waals surface area contributed by atoms with Gasteiger partial charge in [0.1, 0.15) is 0 Å². The number of rotatable bonds is 3. The van der Waals surface area contributed by atoms with E-state index in [-0.39, 0.29) is 17.9 Å². The SMILES string of the molecule is CC(C)C(N)C(=O)NC1CSCC1C. The Balaban J connectivity index is 2.40. The molecule has 1 heterocycles. The summed E-state index contributed by atoms with van der Waals surface area (Å²) < 4.78 is 0. The molecule has 14 heavy (non-hydrogen) atoms. The van der Waals surface area contributed by atoms with E-state index in [1.54, 1.807) is 0 Å². The second-order valence-electron chi connectivity index (χ2n) is 4.40. The maximum absolute atomic E-state index is 11.6. The summed E-state index contributed by atoms with van der Waals surface area (Å²) in [6, 6.07) is -0.0508. The van der Waals surface area contributed by atoms with E-state index in [2.05, 4.69) is 12.2 Å². The standard InChI is InChI=1S/C10H20N2OS/c1-6(2)9(11)10(13)12-8-5-14-4-7(8)3/h6-9H,4-5,11H2,1-3H3,(H,12,13). The van der Waals surface area contributed by atoms with Crippen molar-refractivity contribution in [2.24, 2.45) is 17.6 Å². The van der Waals surface area contributed by atoms with Crippen molar-refractivity contribution < 1.29 is 4.79 Å². The first kappa shape index (κ1) is 11.9. The Morgan fingerprint density at radius 3 is 2.57 bits per heavy atom. The molecule has 1 fully saturated rings. The van der Waals surface area contributed by atoms with E-state index in [1.165, 1.54) is 0 Å². The van der Waals surface area contributed by atoms with Crippen LogP contribution in [0.2, 0.25) is 0 Å². The van der Waals surface area contributed by atoms with Crippen molar-refractivity contribution in [1.29, 1.82) is 0 Å². The van der Waals surface area contributed by atoms with Crippen LogP contribution in [-0.2, 0) is 4.79 Å². The van der Waals surface area contributed by atoms with Gasteiger partial charge in [-0.15, -0.1) is 0 Å². The van der Waals surface area contributed by atoms with Gasteiger partial charge in [0.25, 0.3) is 0 Å². The van der Waals surface area contributed by atoms with Gasteiger partial charge >= 0.3 is 0 Å². The summed E-state index contributed by atoms with van der Waals surface area (Å²) in [4.78, 5) is 11.6. The van der Waals surface area contributed by atoms with Crippen LogP contribution in [0, 0.1) is 11.8 Å². The Kier molecular flexibility index (Phi) is 4.26. The van der Waals surface area contributed by atoms with Gasteiger partial charge in [0.05, 0.1) is 6.04 Å². The predicted octanol–water partition coefficient (Wildman–Crippen LogP) is 0.837. The highest BCUT2D eigenvalue weighted by atomic mass is 32.2. The molecule has 1 aliphatic heterocycles. The molecule has 0 aromatic rings. The van der Waals surface area contributed by atoms with E-state index < -0.39 is 0 Å². The summed E-state index contributed by atoms with van der Waals surface area (Å²) in [5, 5.41) is 3.02. The zero-order chi connectivity index (χ0) is 10.7. The molecule has 0 aliphatic carbocycles. The van der Waals surface area contributed by atoms with Crippen LogP contribution in [0.15, 0.2) is 0 Å². The minimum Gasteiger partial charge on any atom is -0.351 e. The number of carbonyl (C=O) groups is 1. The molecular formula is C10H20N2OS. The third-order valence-electron chi connectivity index (χ3n) is 2.71. The van der Waals surface area contributed by atoms with E-state index in [0.29, 0.717) is 12.0 Å².